The number of carboxylic acid groups (broad SMARTS) is 1. The molecule has 1 aromatic carbocycles. The number of carbonyl (C=O) groups excluding carboxylic acids is 1. The molecule has 0 unspecified atom stereocenters. The van der Waals surface area contributed by atoms with Crippen molar-refractivity contribution in [2.45, 2.75) is 20.8 Å². The van der Waals surface area contributed by atoms with Gasteiger partial charge in [-0.2, -0.15) is 0 Å². The fraction of sp³-hybridized carbons (Fsp3) is 0.333. The zero-order valence-corrected chi connectivity index (χ0v) is 9.75. The summed E-state index contributed by atoms with van der Waals surface area (Å²) in [5.74, 6) is -2.05. The Balaban J connectivity index is 3.55. The largest absolute Gasteiger partial charge is 0.496 e. The Morgan fingerprint density at radius 2 is 1.75 bits per heavy atom. The van der Waals surface area contributed by atoms with E-state index in [1.54, 1.807) is 19.9 Å². The molecule has 0 fully saturated rings. The van der Waals surface area contributed by atoms with Gasteiger partial charge >= 0.3 is 5.97 Å². The number of carbonyl (C=O) groups is 2. The SMILES string of the molecule is COc1c(C)c(C)cc(C)c1C(=O)C(=O)O. The lowest BCUT2D eigenvalue weighted by molar-refractivity contribution is -0.131. The zero-order chi connectivity index (χ0) is 12.5. The number of Topliss-reactive ketones (excluding diaryl/α,β-unsaturated/α-hetero) is 1. The van der Waals surface area contributed by atoms with Crippen LogP contribution in [0.2, 0.25) is 0 Å². The van der Waals surface area contributed by atoms with Crippen LogP contribution in [0.3, 0.4) is 0 Å². The summed E-state index contributed by atoms with van der Waals surface area (Å²) < 4.78 is 5.12. The van der Waals surface area contributed by atoms with Crippen molar-refractivity contribution in [3.63, 3.8) is 0 Å². The molecule has 0 saturated heterocycles. The average Bonchev–Trinajstić information content (AvgIpc) is 2.21. The quantitative estimate of drug-likeness (QED) is 0.626. The lowest BCUT2D eigenvalue weighted by Crippen LogP contribution is -2.16. The fourth-order valence-electron chi connectivity index (χ4n) is 1.70. The van der Waals surface area contributed by atoms with Gasteiger partial charge in [-0.3, -0.25) is 4.79 Å². The molecule has 0 aliphatic rings. The molecule has 0 aliphatic carbocycles. The Bertz CT molecular complexity index is 461. The maximum Gasteiger partial charge on any atom is 0.377 e. The molecule has 0 atom stereocenters. The summed E-state index contributed by atoms with van der Waals surface area (Å²) in [6.07, 6.45) is 0. The Morgan fingerprint density at radius 1 is 1.19 bits per heavy atom. The van der Waals surface area contributed by atoms with Crippen LogP contribution in [0.15, 0.2) is 6.07 Å². The molecule has 0 heterocycles. The van der Waals surface area contributed by atoms with Gasteiger partial charge < -0.3 is 9.84 Å². The van der Waals surface area contributed by atoms with E-state index in [9.17, 15) is 9.59 Å². The van der Waals surface area contributed by atoms with Crippen molar-refractivity contribution in [3.8, 4) is 5.75 Å². The van der Waals surface area contributed by atoms with Gasteiger partial charge in [0.15, 0.2) is 0 Å². The molecular weight excluding hydrogens is 208 g/mol. The normalized spacial score (nSPS) is 10.0. The van der Waals surface area contributed by atoms with E-state index in [0.29, 0.717) is 11.3 Å². The predicted octanol–water partition coefficient (Wildman–Crippen LogP) is 1.89. The van der Waals surface area contributed by atoms with Crippen molar-refractivity contribution in [1.29, 1.82) is 0 Å². The van der Waals surface area contributed by atoms with Gasteiger partial charge in [0.25, 0.3) is 5.78 Å². The summed E-state index contributed by atoms with van der Waals surface area (Å²) in [6.45, 7) is 5.39. The standard InChI is InChI=1S/C12H14O4/c1-6-5-7(2)9(10(13)12(14)15)11(16-4)8(6)3/h5H,1-4H3,(H,14,15). The number of aryl methyl sites for hydroxylation is 2. The number of aliphatic carboxylic acids is 1. The first-order valence-electron chi connectivity index (χ1n) is 4.82. The molecule has 4 heteroatoms. The topological polar surface area (TPSA) is 63.6 Å². The van der Waals surface area contributed by atoms with Gasteiger partial charge in [0.2, 0.25) is 0 Å². The molecule has 1 N–H and O–H groups in total. The molecule has 86 valence electrons. The van der Waals surface area contributed by atoms with E-state index in [-0.39, 0.29) is 5.56 Å². The molecule has 1 aromatic rings. The second-order valence-electron chi connectivity index (χ2n) is 3.68. The second-order valence-corrected chi connectivity index (χ2v) is 3.68. The summed E-state index contributed by atoms with van der Waals surface area (Å²) in [4.78, 5) is 22.2. The lowest BCUT2D eigenvalue weighted by Gasteiger charge is -2.14. The van der Waals surface area contributed by atoms with Gasteiger partial charge in [0.1, 0.15) is 5.75 Å². The summed E-state index contributed by atoms with van der Waals surface area (Å²) >= 11 is 0. The highest BCUT2D eigenvalue weighted by atomic mass is 16.5. The van der Waals surface area contributed by atoms with Gasteiger partial charge in [0, 0.05) is 0 Å². The maximum absolute atomic E-state index is 11.5. The van der Waals surface area contributed by atoms with Crippen molar-refractivity contribution in [2.75, 3.05) is 7.11 Å². The first-order chi connectivity index (χ1) is 7.40. The Labute approximate surface area is 93.9 Å². The minimum Gasteiger partial charge on any atom is -0.496 e. The van der Waals surface area contributed by atoms with Gasteiger partial charge in [0.05, 0.1) is 12.7 Å². The fourth-order valence-corrected chi connectivity index (χ4v) is 1.70. The highest BCUT2D eigenvalue weighted by molar-refractivity contribution is 6.41. The van der Waals surface area contributed by atoms with Crippen LogP contribution in [0.1, 0.15) is 27.0 Å². The second kappa shape index (κ2) is 4.35. The Kier molecular flexibility index (Phi) is 3.32. The number of ketones is 1. The molecular formula is C12H14O4. The zero-order valence-electron chi connectivity index (χ0n) is 9.75. The molecule has 0 radical (unpaired) electrons. The minimum absolute atomic E-state index is 0.137. The molecule has 4 nitrogen and oxygen atoms in total. The van der Waals surface area contributed by atoms with Gasteiger partial charge in [-0.15, -0.1) is 0 Å². The number of carboxylic acids is 1. The van der Waals surface area contributed by atoms with Crippen molar-refractivity contribution in [3.05, 3.63) is 28.3 Å². The summed E-state index contributed by atoms with van der Waals surface area (Å²) in [5, 5.41) is 8.73. The first kappa shape index (κ1) is 12.2. The third-order valence-electron chi connectivity index (χ3n) is 2.61. The van der Waals surface area contributed by atoms with Gasteiger partial charge in [-0.1, -0.05) is 6.07 Å². The highest BCUT2D eigenvalue weighted by Crippen LogP contribution is 2.29. The molecule has 0 saturated carbocycles. The third-order valence-corrected chi connectivity index (χ3v) is 2.61. The minimum atomic E-state index is -1.47. The number of ether oxygens (including phenoxy) is 1. The number of hydrogen-bond donors (Lipinski definition) is 1. The van der Waals surface area contributed by atoms with E-state index in [2.05, 4.69) is 0 Å². The molecule has 0 amide bonds. The van der Waals surface area contributed by atoms with Crippen LogP contribution >= 0.6 is 0 Å². The monoisotopic (exact) mass is 222 g/mol. The summed E-state index contributed by atoms with van der Waals surface area (Å²) in [6, 6.07) is 1.79. The van der Waals surface area contributed by atoms with Crippen LogP contribution in [0.5, 0.6) is 5.75 Å². The predicted molar refractivity (Wildman–Crippen MR) is 59.2 cm³/mol. The average molecular weight is 222 g/mol. The number of methoxy groups -OCH3 is 1. The van der Waals surface area contributed by atoms with E-state index < -0.39 is 11.8 Å². The van der Waals surface area contributed by atoms with Crippen molar-refractivity contribution in [1.82, 2.24) is 0 Å². The van der Waals surface area contributed by atoms with Crippen LogP contribution in [-0.2, 0) is 4.79 Å². The van der Waals surface area contributed by atoms with E-state index in [4.69, 9.17) is 9.84 Å². The van der Waals surface area contributed by atoms with Crippen LogP contribution in [0, 0.1) is 20.8 Å². The van der Waals surface area contributed by atoms with E-state index >= 15 is 0 Å². The maximum atomic E-state index is 11.5. The van der Waals surface area contributed by atoms with Crippen molar-refractivity contribution in [2.24, 2.45) is 0 Å². The van der Waals surface area contributed by atoms with Crippen LogP contribution in [0.25, 0.3) is 0 Å². The van der Waals surface area contributed by atoms with Gasteiger partial charge in [-0.25, -0.2) is 4.79 Å². The van der Waals surface area contributed by atoms with E-state index in [1.165, 1.54) is 7.11 Å². The molecule has 0 aromatic heterocycles. The molecule has 16 heavy (non-hydrogen) atoms. The van der Waals surface area contributed by atoms with E-state index in [1.807, 2.05) is 6.92 Å². The van der Waals surface area contributed by atoms with Crippen molar-refractivity contribution >= 4 is 11.8 Å². The number of rotatable bonds is 3. The van der Waals surface area contributed by atoms with Gasteiger partial charge in [-0.05, 0) is 37.5 Å². The number of hydrogen-bond acceptors (Lipinski definition) is 3. The van der Waals surface area contributed by atoms with Crippen molar-refractivity contribution < 1.29 is 19.4 Å². The highest BCUT2D eigenvalue weighted by Gasteiger charge is 2.23. The summed E-state index contributed by atoms with van der Waals surface area (Å²) in [7, 11) is 1.43. The Hall–Kier alpha value is -1.84. The first-order valence-corrected chi connectivity index (χ1v) is 4.82. The van der Waals surface area contributed by atoms with Crippen LogP contribution < -0.4 is 4.74 Å². The Morgan fingerprint density at radius 3 is 2.19 bits per heavy atom. The van der Waals surface area contributed by atoms with Crippen LogP contribution in [0.4, 0.5) is 0 Å². The summed E-state index contributed by atoms with van der Waals surface area (Å²) in [5.41, 5.74) is 2.51. The third kappa shape index (κ3) is 1.91. The van der Waals surface area contributed by atoms with Crippen LogP contribution in [-0.4, -0.2) is 24.0 Å². The molecule has 0 aliphatic heterocycles. The van der Waals surface area contributed by atoms with E-state index in [0.717, 1.165) is 11.1 Å². The lowest BCUT2D eigenvalue weighted by atomic mass is 9.96. The molecule has 1 rings (SSSR count). The molecule has 0 bridgehead atoms. The number of benzene rings is 1. The molecule has 0 spiro atoms. The smallest absolute Gasteiger partial charge is 0.377 e.